The van der Waals surface area contributed by atoms with E-state index in [9.17, 15) is 0 Å². The number of aliphatic hydroxyl groups excluding tert-OH is 1. The SMILES string of the molecule is CCCCCO.CCN. The van der Waals surface area contributed by atoms with E-state index in [1.54, 1.807) is 0 Å². The number of unbranched alkanes of at least 4 members (excludes halogenated alkanes) is 2. The molecule has 0 atom stereocenters. The molecule has 0 aliphatic heterocycles. The second-order valence-corrected chi connectivity index (χ2v) is 1.84. The van der Waals surface area contributed by atoms with Gasteiger partial charge in [0.25, 0.3) is 0 Å². The summed E-state index contributed by atoms with van der Waals surface area (Å²) in [5, 5.41) is 8.20. The number of hydrogen-bond acceptors (Lipinski definition) is 2. The molecule has 0 amide bonds. The molecule has 0 fully saturated rings. The van der Waals surface area contributed by atoms with Crippen LogP contribution in [0.2, 0.25) is 0 Å². The Morgan fingerprint density at radius 3 is 1.78 bits per heavy atom. The van der Waals surface area contributed by atoms with E-state index in [0.29, 0.717) is 6.61 Å². The van der Waals surface area contributed by atoms with Gasteiger partial charge in [0.15, 0.2) is 0 Å². The van der Waals surface area contributed by atoms with Gasteiger partial charge in [0.2, 0.25) is 0 Å². The monoisotopic (exact) mass is 133 g/mol. The van der Waals surface area contributed by atoms with Gasteiger partial charge >= 0.3 is 0 Å². The van der Waals surface area contributed by atoms with Gasteiger partial charge in [0, 0.05) is 6.61 Å². The summed E-state index contributed by atoms with van der Waals surface area (Å²) in [6, 6.07) is 0. The smallest absolute Gasteiger partial charge is 0.0431 e. The van der Waals surface area contributed by atoms with Crippen LogP contribution in [0.1, 0.15) is 33.1 Å². The first kappa shape index (κ1) is 11.7. The summed E-state index contributed by atoms with van der Waals surface area (Å²) >= 11 is 0. The van der Waals surface area contributed by atoms with E-state index < -0.39 is 0 Å². The van der Waals surface area contributed by atoms with Crippen molar-refractivity contribution in [2.24, 2.45) is 5.73 Å². The van der Waals surface area contributed by atoms with Crippen LogP contribution in [0.3, 0.4) is 0 Å². The molecule has 2 heteroatoms. The van der Waals surface area contributed by atoms with E-state index in [0.717, 1.165) is 19.4 Å². The molecule has 0 aromatic rings. The molecule has 0 aliphatic carbocycles. The molecule has 0 saturated carbocycles. The fraction of sp³-hybridized carbons (Fsp3) is 1.00. The topological polar surface area (TPSA) is 46.2 Å². The van der Waals surface area contributed by atoms with E-state index in [1.807, 2.05) is 6.92 Å². The number of nitrogens with two attached hydrogens (primary N) is 1. The highest BCUT2D eigenvalue weighted by molar-refractivity contribution is 4.30. The fourth-order valence-electron chi connectivity index (χ4n) is 0.362. The van der Waals surface area contributed by atoms with Gasteiger partial charge in [-0.1, -0.05) is 26.7 Å². The molecule has 0 aromatic heterocycles. The van der Waals surface area contributed by atoms with Crippen LogP contribution in [0, 0.1) is 0 Å². The summed E-state index contributed by atoms with van der Waals surface area (Å²) in [5.74, 6) is 0. The molecule has 3 N–H and O–H groups in total. The van der Waals surface area contributed by atoms with Gasteiger partial charge < -0.3 is 10.8 Å². The van der Waals surface area contributed by atoms with Gasteiger partial charge in [-0.2, -0.15) is 0 Å². The van der Waals surface area contributed by atoms with Crippen molar-refractivity contribution in [3.05, 3.63) is 0 Å². The Balaban J connectivity index is 0. The predicted octanol–water partition coefficient (Wildman–Crippen LogP) is 1.13. The van der Waals surface area contributed by atoms with Crippen LogP contribution in [0.5, 0.6) is 0 Å². The second-order valence-electron chi connectivity index (χ2n) is 1.84. The maximum absolute atomic E-state index is 8.20. The van der Waals surface area contributed by atoms with E-state index >= 15 is 0 Å². The van der Waals surface area contributed by atoms with Gasteiger partial charge in [0.1, 0.15) is 0 Å². The van der Waals surface area contributed by atoms with Crippen LogP contribution < -0.4 is 5.73 Å². The van der Waals surface area contributed by atoms with E-state index in [-0.39, 0.29) is 0 Å². The maximum atomic E-state index is 8.20. The van der Waals surface area contributed by atoms with Crippen LogP contribution in [0.15, 0.2) is 0 Å². The molecular weight excluding hydrogens is 114 g/mol. The van der Waals surface area contributed by atoms with E-state index in [2.05, 4.69) is 6.92 Å². The Bertz CT molecular complexity index is 28.1. The van der Waals surface area contributed by atoms with Crippen LogP contribution in [0.4, 0.5) is 0 Å². The number of aliphatic hydroxyl groups is 1. The normalized spacial score (nSPS) is 8.00. The third-order valence-electron chi connectivity index (χ3n) is 0.762. The van der Waals surface area contributed by atoms with Crippen LogP contribution in [-0.4, -0.2) is 18.3 Å². The van der Waals surface area contributed by atoms with Crippen molar-refractivity contribution in [2.75, 3.05) is 13.2 Å². The molecule has 0 spiro atoms. The van der Waals surface area contributed by atoms with Gasteiger partial charge in [-0.05, 0) is 13.0 Å². The molecule has 0 aromatic carbocycles. The van der Waals surface area contributed by atoms with Crippen molar-refractivity contribution < 1.29 is 5.11 Å². The van der Waals surface area contributed by atoms with Crippen molar-refractivity contribution in [3.8, 4) is 0 Å². The van der Waals surface area contributed by atoms with Gasteiger partial charge in [-0.3, -0.25) is 0 Å². The second kappa shape index (κ2) is 15.7. The first-order valence-electron chi connectivity index (χ1n) is 3.64. The highest BCUT2D eigenvalue weighted by Crippen LogP contribution is 1.89. The molecule has 2 nitrogen and oxygen atoms in total. The Hall–Kier alpha value is -0.0800. The number of hydrogen-bond donors (Lipinski definition) is 2. The van der Waals surface area contributed by atoms with Crippen molar-refractivity contribution in [1.82, 2.24) is 0 Å². The molecule has 9 heavy (non-hydrogen) atoms. The Labute approximate surface area is 58.1 Å². The van der Waals surface area contributed by atoms with Crippen LogP contribution >= 0.6 is 0 Å². The maximum Gasteiger partial charge on any atom is 0.0431 e. The van der Waals surface area contributed by atoms with Gasteiger partial charge in [-0.15, -0.1) is 0 Å². The standard InChI is InChI=1S/C5H12O.C2H7N/c1-2-3-4-5-6;1-2-3/h6H,2-5H2,1H3;2-3H2,1H3. The lowest BCUT2D eigenvalue weighted by Gasteiger charge is -1.85. The first-order valence-corrected chi connectivity index (χ1v) is 3.64. The summed E-state index contributed by atoms with van der Waals surface area (Å²) in [6.07, 6.45) is 3.33. The Morgan fingerprint density at radius 2 is 1.67 bits per heavy atom. The van der Waals surface area contributed by atoms with Gasteiger partial charge in [-0.25, -0.2) is 0 Å². The predicted molar refractivity (Wildman–Crippen MR) is 41.3 cm³/mol. The molecule has 0 rings (SSSR count). The third kappa shape index (κ3) is 32.6. The lowest BCUT2D eigenvalue weighted by atomic mass is 10.3. The lowest BCUT2D eigenvalue weighted by molar-refractivity contribution is 0.284. The van der Waals surface area contributed by atoms with Crippen molar-refractivity contribution >= 4 is 0 Å². The first-order chi connectivity index (χ1) is 4.33. The molecule has 0 saturated heterocycles. The highest BCUT2D eigenvalue weighted by Gasteiger charge is 1.76. The lowest BCUT2D eigenvalue weighted by Crippen LogP contribution is -1.87. The average molecular weight is 133 g/mol. The zero-order valence-electron chi connectivity index (χ0n) is 6.56. The Morgan fingerprint density at radius 1 is 1.22 bits per heavy atom. The van der Waals surface area contributed by atoms with Crippen molar-refractivity contribution in [3.63, 3.8) is 0 Å². The van der Waals surface area contributed by atoms with Gasteiger partial charge in [0.05, 0.1) is 0 Å². The molecule has 0 unspecified atom stereocenters. The quantitative estimate of drug-likeness (QED) is 0.567. The third-order valence-corrected chi connectivity index (χ3v) is 0.762. The minimum Gasteiger partial charge on any atom is -0.396 e. The van der Waals surface area contributed by atoms with Crippen molar-refractivity contribution in [2.45, 2.75) is 33.1 Å². The minimum absolute atomic E-state index is 0.355. The van der Waals surface area contributed by atoms with Crippen LogP contribution in [0.25, 0.3) is 0 Å². The summed E-state index contributed by atoms with van der Waals surface area (Å²) in [7, 11) is 0. The average Bonchev–Trinajstić information content (AvgIpc) is 1.86. The number of rotatable bonds is 3. The summed E-state index contributed by atoms with van der Waals surface area (Å²) in [6.45, 7) is 5.13. The van der Waals surface area contributed by atoms with Crippen LogP contribution in [-0.2, 0) is 0 Å². The zero-order chi connectivity index (χ0) is 7.54. The van der Waals surface area contributed by atoms with E-state index in [4.69, 9.17) is 10.8 Å². The summed E-state index contributed by atoms with van der Waals surface area (Å²) in [4.78, 5) is 0. The summed E-state index contributed by atoms with van der Waals surface area (Å²) < 4.78 is 0. The molecule has 0 heterocycles. The van der Waals surface area contributed by atoms with Crippen molar-refractivity contribution in [1.29, 1.82) is 0 Å². The molecule has 0 radical (unpaired) electrons. The zero-order valence-corrected chi connectivity index (χ0v) is 6.56. The summed E-state index contributed by atoms with van der Waals surface area (Å²) in [5.41, 5.74) is 4.85. The molecular formula is C7H19NO. The molecule has 0 aliphatic rings. The largest absolute Gasteiger partial charge is 0.396 e. The Kier molecular flexibility index (Phi) is 20.3. The molecule has 0 bridgehead atoms. The fourth-order valence-corrected chi connectivity index (χ4v) is 0.362. The highest BCUT2D eigenvalue weighted by atomic mass is 16.2. The van der Waals surface area contributed by atoms with E-state index in [1.165, 1.54) is 6.42 Å². The minimum atomic E-state index is 0.355. The molecule has 58 valence electrons.